The molecule has 0 aromatic heterocycles. The van der Waals surface area contributed by atoms with E-state index in [9.17, 15) is 4.79 Å². The number of ether oxygens (including phenoxy) is 1. The number of urea groups is 1. The maximum Gasteiger partial charge on any atom is 0.321 e. The topological polar surface area (TPSA) is 50.4 Å². The van der Waals surface area contributed by atoms with Crippen LogP contribution in [0.1, 0.15) is 0 Å². The summed E-state index contributed by atoms with van der Waals surface area (Å²) in [7, 11) is 0. The lowest BCUT2D eigenvalue weighted by molar-refractivity contribution is 0.234. The maximum absolute atomic E-state index is 11.6. The SMILES string of the molecule is O=C(NCOc1ccc(Cl)cc1)Nc1cccc(Br)c1. The van der Waals surface area contributed by atoms with E-state index in [1.54, 1.807) is 36.4 Å². The summed E-state index contributed by atoms with van der Waals surface area (Å²) in [5, 5.41) is 5.93. The number of benzene rings is 2. The summed E-state index contributed by atoms with van der Waals surface area (Å²) >= 11 is 9.09. The molecule has 0 fully saturated rings. The molecule has 2 aromatic carbocycles. The molecule has 0 bridgehead atoms. The average Bonchev–Trinajstić information content (AvgIpc) is 2.41. The van der Waals surface area contributed by atoms with Crippen molar-refractivity contribution in [3.63, 3.8) is 0 Å². The minimum absolute atomic E-state index is 0.0709. The first-order valence-corrected chi connectivity index (χ1v) is 6.99. The van der Waals surface area contributed by atoms with Crippen molar-refractivity contribution in [2.24, 2.45) is 0 Å². The molecular weight excluding hydrogens is 344 g/mol. The van der Waals surface area contributed by atoms with Crippen LogP contribution in [0.5, 0.6) is 5.75 Å². The Kier molecular flexibility index (Phi) is 5.26. The van der Waals surface area contributed by atoms with E-state index in [0.717, 1.165) is 4.47 Å². The normalized spacial score (nSPS) is 9.90. The molecular formula is C14H12BrClN2O2. The average molecular weight is 356 g/mol. The van der Waals surface area contributed by atoms with Crippen LogP contribution in [0.3, 0.4) is 0 Å². The Morgan fingerprint density at radius 1 is 1.20 bits per heavy atom. The van der Waals surface area contributed by atoms with Crippen LogP contribution in [-0.4, -0.2) is 12.8 Å². The highest BCUT2D eigenvalue weighted by Crippen LogP contribution is 2.16. The number of amides is 2. The number of nitrogens with one attached hydrogen (secondary N) is 2. The first-order valence-electron chi connectivity index (χ1n) is 5.82. The molecule has 0 aliphatic rings. The standard InChI is InChI=1S/C14H12BrClN2O2/c15-10-2-1-3-12(8-10)18-14(19)17-9-20-13-6-4-11(16)5-7-13/h1-8H,9H2,(H2,17,18,19). The van der Waals surface area contributed by atoms with Crippen LogP contribution < -0.4 is 15.4 Å². The summed E-state index contributed by atoms with van der Waals surface area (Å²) in [6.07, 6.45) is 0. The largest absolute Gasteiger partial charge is 0.473 e. The summed E-state index contributed by atoms with van der Waals surface area (Å²) < 4.78 is 6.25. The van der Waals surface area contributed by atoms with Crippen LogP contribution in [0.4, 0.5) is 10.5 Å². The lowest BCUT2D eigenvalue weighted by atomic mass is 10.3. The Balaban J connectivity index is 1.76. The minimum Gasteiger partial charge on any atom is -0.473 e. The zero-order chi connectivity index (χ0) is 14.4. The van der Waals surface area contributed by atoms with Crippen molar-refractivity contribution in [2.45, 2.75) is 0 Å². The molecule has 0 radical (unpaired) electrons. The van der Waals surface area contributed by atoms with E-state index >= 15 is 0 Å². The second-order valence-corrected chi connectivity index (χ2v) is 5.24. The van der Waals surface area contributed by atoms with Gasteiger partial charge in [-0.2, -0.15) is 0 Å². The highest BCUT2D eigenvalue weighted by Gasteiger charge is 2.01. The Morgan fingerprint density at radius 3 is 2.65 bits per heavy atom. The monoisotopic (exact) mass is 354 g/mol. The van der Waals surface area contributed by atoms with E-state index in [1.807, 2.05) is 12.1 Å². The summed E-state index contributed by atoms with van der Waals surface area (Å²) in [6.45, 7) is 0.0709. The Labute approximate surface area is 130 Å². The van der Waals surface area contributed by atoms with Gasteiger partial charge in [-0.25, -0.2) is 4.79 Å². The summed E-state index contributed by atoms with van der Waals surface area (Å²) in [5.74, 6) is 0.636. The molecule has 0 aliphatic heterocycles. The van der Waals surface area contributed by atoms with Gasteiger partial charge in [-0.15, -0.1) is 0 Å². The fourth-order valence-electron chi connectivity index (χ4n) is 1.46. The fourth-order valence-corrected chi connectivity index (χ4v) is 1.98. The Morgan fingerprint density at radius 2 is 1.95 bits per heavy atom. The number of anilines is 1. The molecule has 20 heavy (non-hydrogen) atoms. The third-order valence-corrected chi connectivity index (χ3v) is 3.11. The van der Waals surface area contributed by atoms with Gasteiger partial charge < -0.3 is 15.4 Å². The van der Waals surface area contributed by atoms with Crippen LogP contribution in [0.25, 0.3) is 0 Å². The molecule has 0 saturated carbocycles. The highest BCUT2D eigenvalue weighted by atomic mass is 79.9. The van der Waals surface area contributed by atoms with E-state index in [-0.39, 0.29) is 12.8 Å². The zero-order valence-electron chi connectivity index (χ0n) is 10.4. The van der Waals surface area contributed by atoms with Crippen molar-refractivity contribution >= 4 is 39.2 Å². The summed E-state index contributed by atoms with van der Waals surface area (Å²) in [5.41, 5.74) is 0.698. The van der Waals surface area contributed by atoms with Gasteiger partial charge in [-0.05, 0) is 42.5 Å². The molecule has 2 aromatic rings. The van der Waals surface area contributed by atoms with Crippen LogP contribution in [0.15, 0.2) is 53.0 Å². The van der Waals surface area contributed by atoms with Crippen LogP contribution in [-0.2, 0) is 0 Å². The molecule has 0 unspecified atom stereocenters. The smallest absolute Gasteiger partial charge is 0.321 e. The molecule has 2 N–H and O–H groups in total. The van der Waals surface area contributed by atoms with Gasteiger partial charge in [0.15, 0.2) is 6.73 Å². The van der Waals surface area contributed by atoms with Gasteiger partial charge >= 0.3 is 6.03 Å². The highest BCUT2D eigenvalue weighted by molar-refractivity contribution is 9.10. The van der Waals surface area contributed by atoms with Gasteiger partial charge in [0, 0.05) is 15.2 Å². The van der Waals surface area contributed by atoms with Gasteiger partial charge in [-0.3, -0.25) is 0 Å². The van der Waals surface area contributed by atoms with Gasteiger partial charge in [-0.1, -0.05) is 33.6 Å². The third-order valence-electron chi connectivity index (χ3n) is 2.37. The summed E-state index contributed by atoms with van der Waals surface area (Å²) in [4.78, 5) is 11.6. The van der Waals surface area contributed by atoms with Crippen molar-refractivity contribution in [3.8, 4) is 5.75 Å². The van der Waals surface area contributed by atoms with Crippen molar-refractivity contribution in [1.82, 2.24) is 5.32 Å². The number of halogens is 2. The molecule has 2 amide bonds. The van der Waals surface area contributed by atoms with Gasteiger partial charge in [0.2, 0.25) is 0 Å². The quantitative estimate of drug-likeness (QED) is 0.805. The number of carbonyl (C=O) groups excluding carboxylic acids is 1. The molecule has 0 aliphatic carbocycles. The van der Waals surface area contributed by atoms with E-state index in [2.05, 4.69) is 26.6 Å². The van der Waals surface area contributed by atoms with E-state index in [4.69, 9.17) is 16.3 Å². The molecule has 4 nitrogen and oxygen atoms in total. The first kappa shape index (κ1) is 14.7. The van der Waals surface area contributed by atoms with Crippen molar-refractivity contribution < 1.29 is 9.53 Å². The number of hydrogen-bond donors (Lipinski definition) is 2. The number of rotatable bonds is 4. The lowest BCUT2D eigenvalue weighted by Gasteiger charge is -2.09. The van der Waals surface area contributed by atoms with E-state index in [1.165, 1.54) is 0 Å². The second kappa shape index (κ2) is 7.17. The maximum atomic E-state index is 11.6. The van der Waals surface area contributed by atoms with Gasteiger partial charge in [0.05, 0.1) is 0 Å². The molecule has 6 heteroatoms. The lowest BCUT2D eigenvalue weighted by Crippen LogP contribution is -2.31. The zero-order valence-corrected chi connectivity index (χ0v) is 12.7. The Bertz CT molecular complexity index is 590. The molecule has 0 atom stereocenters. The molecule has 0 spiro atoms. The molecule has 0 heterocycles. The Hall–Kier alpha value is -1.72. The molecule has 0 saturated heterocycles. The first-order chi connectivity index (χ1) is 9.63. The molecule has 104 valence electrons. The van der Waals surface area contributed by atoms with Crippen molar-refractivity contribution in [2.75, 3.05) is 12.0 Å². The number of carbonyl (C=O) groups is 1. The second-order valence-electron chi connectivity index (χ2n) is 3.88. The molecule has 2 rings (SSSR count). The van der Waals surface area contributed by atoms with E-state index < -0.39 is 0 Å². The summed E-state index contributed by atoms with van der Waals surface area (Å²) in [6, 6.07) is 13.9. The van der Waals surface area contributed by atoms with Gasteiger partial charge in [0.25, 0.3) is 0 Å². The predicted molar refractivity (Wildman–Crippen MR) is 83.2 cm³/mol. The van der Waals surface area contributed by atoms with Gasteiger partial charge in [0.1, 0.15) is 5.75 Å². The van der Waals surface area contributed by atoms with Crippen molar-refractivity contribution in [3.05, 3.63) is 58.0 Å². The van der Waals surface area contributed by atoms with Crippen LogP contribution in [0, 0.1) is 0 Å². The van der Waals surface area contributed by atoms with E-state index in [0.29, 0.717) is 16.5 Å². The minimum atomic E-state index is -0.336. The van der Waals surface area contributed by atoms with Crippen LogP contribution >= 0.6 is 27.5 Å². The van der Waals surface area contributed by atoms with Crippen molar-refractivity contribution in [1.29, 1.82) is 0 Å². The number of hydrogen-bond acceptors (Lipinski definition) is 2. The van der Waals surface area contributed by atoms with Crippen LogP contribution in [0.2, 0.25) is 5.02 Å². The third kappa shape index (κ3) is 4.75. The fraction of sp³-hybridized carbons (Fsp3) is 0.0714. The predicted octanol–water partition coefficient (Wildman–Crippen LogP) is 4.26.